The van der Waals surface area contributed by atoms with Gasteiger partial charge in [0.25, 0.3) is 0 Å². The van der Waals surface area contributed by atoms with Crippen LogP contribution in [0.1, 0.15) is 36.1 Å². The molecule has 0 aliphatic carbocycles. The van der Waals surface area contributed by atoms with Crippen LogP contribution in [0.25, 0.3) is 55.6 Å². The molecule has 3 aromatic heterocycles. The van der Waals surface area contributed by atoms with Gasteiger partial charge < -0.3 is 14.4 Å². The number of aromatic nitrogens is 2. The van der Waals surface area contributed by atoms with Crippen LogP contribution in [0, 0.1) is 44.6 Å². The number of pyridine rings is 2. The first-order valence-electron chi connectivity index (χ1n) is 16.9. The van der Waals surface area contributed by atoms with Gasteiger partial charge in [-0.15, -0.1) is 54.1 Å². The zero-order valence-electron chi connectivity index (χ0n) is 30.0. The number of halogens is 1. The quantitative estimate of drug-likeness (QED) is 0.124. The Labute approximate surface area is 310 Å². The van der Waals surface area contributed by atoms with Crippen LogP contribution in [0.2, 0.25) is 19.6 Å². The fourth-order valence-electron chi connectivity index (χ4n) is 6.76. The molecular formula is C44H43FIrN2OSi-2. The molecule has 0 bridgehead atoms. The summed E-state index contributed by atoms with van der Waals surface area (Å²) in [5, 5.41) is 3.12. The van der Waals surface area contributed by atoms with Crippen molar-refractivity contribution in [1.82, 2.24) is 9.97 Å². The maximum atomic E-state index is 14.2. The minimum Gasteiger partial charge on any atom is -0.498 e. The maximum Gasteiger partial charge on any atom is 0.165 e. The Morgan fingerprint density at radius 2 is 1.52 bits per heavy atom. The zero-order chi connectivity index (χ0) is 34.9. The molecule has 0 N–H and O–H groups in total. The number of rotatable bonds is 6. The van der Waals surface area contributed by atoms with Gasteiger partial charge in [0.2, 0.25) is 0 Å². The minimum absolute atomic E-state index is 0. The Morgan fingerprint density at radius 1 is 0.780 bits per heavy atom. The van der Waals surface area contributed by atoms with Gasteiger partial charge in [-0.25, -0.2) is 4.39 Å². The first kappa shape index (κ1) is 37.0. The molecule has 7 aromatic rings. The molecule has 3 nitrogen and oxygen atoms in total. The molecule has 0 saturated heterocycles. The number of aryl methyl sites for hydroxylation is 3. The van der Waals surface area contributed by atoms with E-state index in [4.69, 9.17) is 4.42 Å². The summed E-state index contributed by atoms with van der Waals surface area (Å²) in [6, 6.07) is 34.1. The van der Waals surface area contributed by atoms with Gasteiger partial charge in [0.05, 0.1) is 13.7 Å². The van der Waals surface area contributed by atoms with Crippen molar-refractivity contribution in [2.75, 3.05) is 0 Å². The molecule has 50 heavy (non-hydrogen) atoms. The van der Waals surface area contributed by atoms with Crippen LogP contribution in [-0.2, 0) is 26.5 Å². The topological polar surface area (TPSA) is 38.9 Å². The number of fused-ring (bicyclic) bond motifs is 3. The summed E-state index contributed by atoms with van der Waals surface area (Å²) in [6.45, 7) is 18.1. The molecule has 4 aromatic carbocycles. The second-order valence-corrected chi connectivity index (χ2v) is 19.4. The fourth-order valence-corrected chi connectivity index (χ4v) is 8.35. The third-order valence-electron chi connectivity index (χ3n) is 8.80. The molecule has 6 heteroatoms. The number of hydrogen-bond acceptors (Lipinski definition) is 3. The molecule has 257 valence electrons. The minimum atomic E-state index is -1.34. The molecule has 0 saturated carbocycles. The molecule has 0 fully saturated rings. The second-order valence-electron chi connectivity index (χ2n) is 14.4. The van der Waals surface area contributed by atoms with Crippen molar-refractivity contribution in [3.63, 3.8) is 0 Å². The van der Waals surface area contributed by atoms with Gasteiger partial charge >= 0.3 is 0 Å². The predicted molar refractivity (Wildman–Crippen MR) is 205 cm³/mol. The van der Waals surface area contributed by atoms with Crippen LogP contribution in [0.15, 0.2) is 102 Å². The smallest absolute Gasteiger partial charge is 0.165 e. The monoisotopic (exact) mass is 855 g/mol. The summed E-state index contributed by atoms with van der Waals surface area (Å²) in [5.41, 5.74) is 12.0. The number of para-hydroxylation sites is 1. The van der Waals surface area contributed by atoms with E-state index < -0.39 is 8.07 Å². The molecule has 0 aliphatic heterocycles. The Kier molecular flexibility index (Phi) is 11.4. The predicted octanol–water partition coefficient (Wildman–Crippen LogP) is 11.5. The number of furan rings is 1. The van der Waals surface area contributed by atoms with Crippen molar-refractivity contribution in [3.8, 4) is 33.6 Å². The van der Waals surface area contributed by atoms with Crippen molar-refractivity contribution in [3.05, 3.63) is 138 Å². The summed E-state index contributed by atoms with van der Waals surface area (Å²) in [7, 11) is -1.34. The van der Waals surface area contributed by atoms with Crippen molar-refractivity contribution in [2.45, 2.75) is 60.7 Å². The van der Waals surface area contributed by atoms with Crippen molar-refractivity contribution >= 4 is 35.2 Å². The Balaban J connectivity index is 0.000000204. The molecular weight excluding hydrogens is 812 g/mol. The van der Waals surface area contributed by atoms with Crippen molar-refractivity contribution in [2.24, 2.45) is 5.92 Å². The third-order valence-corrected chi connectivity index (χ3v) is 10.9. The van der Waals surface area contributed by atoms with Crippen LogP contribution >= 0.6 is 0 Å². The van der Waals surface area contributed by atoms with Gasteiger partial charge in [-0.1, -0.05) is 92.0 Å². The molecule has 0 spiro atoms. The standard InChI is InChI=1S/C26H19FNO.C18H24NSi.Ir/c1-15-12-16(2)24(17(3)13-15)18-10-11-28-23(14-18)21-8-4-6-19-20-7-5-9-22(27)26(20)29-25(19)21;1-14(2)11-16-12-17(15-9-7-6-8-10-15)19-13-18(16)20(3,4)5;/h4-7,9-14H,1-3H3;6-9,12-14H,11H2,1-5H3;/q2*-1;. The van der Waals surface area contributed by atoms with Crippen molar-refractivity contribution < 1.29 is 28.9 Å². The van der Waals surface area contributed by atoms with Gasteiger partial charge in [-0.3, -0.25) is 0 Å². The van der Waals surface area contributed by atoms with E-state index in [1.165, 1.54) is 39.1 Å². The number of benzene rings is 4. The van der Waals surface area contributed by atoms with E-state index in [1.807, 2.05) is 42.5 Å². The molecule has 0 atom stereocenters. The molecule has 0 amide bonds. The third kappa shape index (κ3) is 7.89. The SMILES string of the molecule is CC(C)Cc1cc(-c2[c-]cccc2)ncc1[Si](C)(C)C.Cc1cc(C)c(-c2ccnc(-c3[c-]ccc4c3oc3c(F)cccc34)c2)c(C)c1.[Ir]. The number of hydrogen-bond donors (Lipinski definition) is 0. The van der Waals surface area contributed by atoms with Gasteiger partial charge in [0.1, 0.15) is 0 Å². The van der Waals surface area contributed by atoms with E-state index in [0.29, 0.717) is 11.5 Å². The largest absolute Gasteiger partial charge is 0.498 e. The molecule has 0 unspecified atom stereocenters. The van der Waals surface area contributed by atoms with E-state index >= 15 is 0 Å². The van der Waals surface area contributed by atoms with Crippen LogP contribution < -0.4 is 5.19 Å². The second kappa shape index (κ2) is 15.3. The molecule has 0 aliphatic rings. The van der Waals surface area contributed by atoms with Gasteiger partial charge in [-0.2, -0.15) is 0 Å². The van der Waals surface area contributed by atoms with Gasteiger partial charge in [0, 0.05) is 37.9 Å². The van der Waals surface area contributed by atoms with Gasteiger partial charge in [0.15, 0.2) is 11.4 Å². The Hall–Kier alpha value is -4.22. The van der Waals surface area contributed by atoms with E-state index in [0.717, 1.165) is 45.3 Å². The van der Waals surface area contributed by atoms with Crippen LogP contribution in [0.3, 0.4) is 0 Å². The van der Waals surface area contributed by atoms with E-state index in [-0.39, 0.29) is 31.5 Å². The van der Waals surface area contributed by atoms with E-state index in [1.54, 1.807) is 12.3 Å². The van der Waals surface area contributed by atoms with Crippen molar-refractivity contribution in [1.29, 1.82) is 0 Å². The summed E-state index contributed by atoms with van der Waals surface area (Å²) in [4.78, 5) is 9.26. The fraction of sp³-hybridized carbons (Fsp3) is 0.227. The van der Waals surface area contributed by atoms with Crippen LogP contribution in [0.4, 0.5) is 4.39 Å². The van der Waals surface area contributed by atoms with E-state index in [2.05, 4.69) is 113 Å². The van der Waals surface area contributed by atoms with Gasteiger partial charge in [-0.05, 0) is 84.1 Å². The summed E-state index contributed by atoms with van der Waals surface area (Å²) in [6.07, 6.45) is 5.04. The maximum absolute atomic E-state index is 14.2. The van der Waals surface area contributed by atoms with E-state index in [9.17, 15) is 4.39 Å². The Morgan fingerprint density at radius 3 is 2.20 bits per heavy atom. The first-order valence-corrected chi connectivity index (χ1v) is 20.4. The molecule has 3 heterocycles. The van der Waals surface area contributed by atoms with Crippen LogP contribution in [0.5, 0.6) is 0 Å². The van der Waals surface area contributed by atoms with Crippen LogP contribution in [-0.4, -0.2) is 18.0 Å². The summed E-state index contributed by atoms with van der Waals surface area (Å²) >= 11 is 0. The first-order chi connectivity index (χ1) is 23.4. The summed E-state index contributed by atoms with van der Waals surface area (Å²) in [5.74, 6) is 0.303. The Bertz CT molecular complexity index is 2250. The number of nitrogens with zero attached hydrogens (tertiary/aromatic N) is 2. The normalized spacial score (nSPS) is 11.4. The zero-order valence-corrected chi connectivity index (χ0v) is 33.4. The average Bonchev–Trinajstić information content (AvgIpc) is 3.45. The molecule has 7 rings (SSSR count). The average molecular weight is 855 g/mol. The summed E-state index contributed by atoms with van der Waals surface area (Å²) < 4.78 is 20.2. The molecule has 1 radical (unpaired) electrons.